The number of para-hydroxylation sites is 1. The molecule has 0 radical (unpaired) electrons. The molecule has 0 aliphatic carbocycles. The molecule has 0 fully saturated rings. The number of nitrogens with one attached hydrogen (secondary N) is 2. The lowest BCUT2D eigenvalue weighted by Gasteiger charge is -2.21. The van der Waals surface area contributed by atoms with Gasteiger partial charge in [-0.1, -0.05) is 28.1 Å². The Morgan fingerprint density at radius 3 is 2.33 bits per heavy atom. The summed E-state index contributed by atoms with van der Waals surface area (Å²) in [7, 11) is 0. The third-order valence-electron chi connectivity index (χ3n) is 3.03. The van der Waals surface area contributed by atoms with Crippen molar-refractivity contribution in [3.05, 3.63) is 63.9 Å². The first-order valence-corrected chi connectivity index (χ1v) is 8.14. The fraction of sp³-hybridized carbons (Fsp3) is 0.222. The Labute approximate surface area is 148 Å². The molecule has 24 heavy (non-hydrogen) atoms. The van der Waals surface area contributed by atoms with Crippen LogP contribution in [0.4, 0.5) is 10.1 Å². The van der Waals surface area contributed by atoms with Gasteiger partial charge in [-0.3, -0.25) is 9.59 Å². The molecule has 0 saturated carbocycles. The van der Waals surface area contributed by atoms with Crippen LogP contribution in [-0.4, -0.2) is 17.4 Å². The lowest BCUT2D eigenvalue weighted by Crippen LogP contribution is -2.40. The van der Waals surface area contributed by atoms with E-state index < -0.39 is 17.3 Å². The molecule has 2 amide bonds. The van der Waals surface area contributed by atoms with Crippen molar-refractivity contribution >= 4 is 33.4 Å². The third-order valence-corrected chi connectivity index (χ3v) is 3.49. The van der Waals surface area contributed by atoms with Crippen LogP contribution in [0.3, 0.4) is 0 Å². The summed E-state index contributed by atoms with van der Waals surface area (Å²) in [6, 6.07) is 10.6. The van der Waals surface area contributed by atoms with Gasteiger partial charge in [-0.05, 0) is 51.1 Å². The molecule has 6 heteroatoms. The van der Waals surface area contributed by atoms with Crippen molar-refractivity contribution in [1.82, 2.24) is 5.32 Å². The maximum absolute atomic E-state index is 13.4. The smallest absolute Gasteiger partial charge is 0.255 e. The fourth-order valence-corrected chi connectivity index (χ4v) is 2.54. The maximum Gasteiger partial charge on any atom is 0.255 e. The number of amides is 2. The van der Waals surface area contributed by atoms with Crippen LogP contribution in [0.5, 0.6) is 0 Å². The quantitative estimate of drug-likeness (QED) is 0.814. The minimum absolute atomic E-state index is 0.160. The van der Waals surface area contributed by atoms with Crippen LogP contribution in [0, 0.1) is 5.82 Å². The van der Waals surface area contributed by atoms with Crippen molar-refractivity contribution in [3.8, 4) is 0 Å². The van der Waals surface area contributed by atoms with E-state index in [0.717, 1.165) is 6.07 Å². The molecule has 2 rings (SSSR count). The summed E-state index contributed by atoms with van der Waals surface area (Å²) in [4.78, 5) is 24.7. The topological polar surface area (TPSA) is 58.2 Å². The molecule has 0 bridgehead atoms. The maximum atomic E-state index is 13.4. The molecular formula is C18H18BrFN2O2. The molecule has 0 spiro atoms. The molecule has 0 aliphatic rings. The van der Waals surface area contributed by atoms with Crippen LogP contribution in [0.1, 0.15) is 41.5 Å². The van der Waals surface area contributed by atoms with E-state index in [1.54, 1.807) is 24.3 Å². The second-order valence-corrected chi connectivity index (χ2v) is 7.28. The van der Waals surface area contributed by atoms with E-state index >= 15 is 0 Å². The zero-order chi connectivity index (χ0) is 17.9. The van der Waals surface area contributed by atoms with E-state index in [4.69, 9.17) is 0 Å². The van der Waals surface area contributed by atoms with Gasteiger partial charge in [0.05, 0.1) is 11.3 Å². The van der Waals surface area contributed by atoms with Crippen LogP contribution in [-0.2, 0) is 0 Å². The third kappa shape index (κ3) is 4.89. The van der Waals surface area contributed by atoms with Crippen LogP contribution in [0.2, 0.25) is 0 Å². The van der Waals surface area contributed by atoms with E-state index in [9.17, 15) is 14.0 Å². The van der Waals surface area contributed by atoms with Crippen molar-refractivity contribution in [3.63, 3.8) is 0 Å². The summed E-state index contributed by atoms with van der Waals surface area (Å²) in [5.74, 6) is -1.31. The first-order valence-electron chi connectivity index (χ1n) is 7.35. The zero-order valence-electron chi connectivity index (χ0n) is 13.6. The van der Waals surface area contributed by atoms with Gasteiger partial charge in [-0.25, -0.2) is 4.39 Å². The number of carbonyl (C=O) groups excluding carboxylic acids is 2. The van der Waals surface area contributed by atoms with E-state index in [1.807, 2.05) is 20.8 Å². The van der Waals surface area contributed by atoms with Gasteiger partial charge in [0, 0.05) is 15.6 Å². The molecule has 2 aromatic rings. The summed E-state index contributed by atoms with van der Waals surface area (Å²) in [5, 5.41) is 5.51. The monoisotopic (exact) mass is 392 g/mol. The van der Waals surface area contributed by atoms with Crippen molar-refractivity contribution in [1.29, 1.82) is 0 Å². The van der Waals surface area contributed by atoms with E-state index in [0.29, 0.717) is 15.7 Å². The first kappa shape index (κ1) is 18.1. The molecule has 2 aromatic carbocycles. The Hall–Kier alpha value is -2.21. The molecule has 0 atom stereocenters. The van der Waals surface area contributed by atoms with E-state index in [-0.39, 0.29) is 11.5 Å². The van der Waals surface area contributed by atoms with Gasteiger partial charge in [0.1, 0.15) is 5.82 Å². The molecule has 0 heterocycles. The zero-order valence-corrected chi connectivity index (χ0v) is 15.2. The summed E-state index contributed by atoms with van der Waals surface area (Å²) in [5.41, 5.74) is 0.468. The standard InChI is InChI=1S/C18H18BrFN2O2/c1-18(2,3)22-17(24)14-6-4-5-7-15(14)21-16(23)11-8-12(19)10-13(20)9-11/h4-10H,1-3H3,(H,21,23)(H,22,24). The van der Waals surface area contributed by atoms with E-state index in [1.165, 1.54) is 12.1 Å². The average molecular weight is 393 g/mol. The number of halogens is 2. The molecule has 4 nitrogen and oxygen atoms in total. The lowest BCUT2D eigenvalue weighted by atomic mass is 10.1. The number of hydrogen-bond acceptors (Lipinski definition) is 2. The highest BCUT2D eigenvalue weighted by Crippen LogP contribution is 2.19. The van der Waals surface area contributed by atoms with Gasteiger partial charge in [0.25, 0.3) is 11.8 Å². The summed E-state index contributed by atoms with van der Waals surface area (Å²) < 4.78 is 13.9. The normalized spacial score (nSPS) is 11.0. The van der Waals surface area contributed by atoms with Gasteiger partial charge < -0.3 is 10.6 Å². The summed E-state index contributed by atoms with van der Waals surface area (Å²) in [6.07, 6.45) is 0. The SMILES string of the molecule is CC(C)(C)NC(=O)c1ccccc1NC(=O)c1cc(F)cc(Br)c1. The molecule has 0 unspecified atom stereocenters. The van der Waals surface area contributed by atoms with Crippen LogP contribution in [0.15, 0.2) is 46.9 Å². The van der Waals surface area contributed by atoms with Gasteiger partial charge in [-0.15, -0.1) is 0 Å². The number of hydrogen-bond donors (Lipinski definition) is 2. The second kappa shape index (κ2) is 7.13. The second-order valence-electron chi connectivity index (χ2n) is 6.36. The lowest BCUT2D eigenvalue weighted by molar-refractivity contribution is 0.0920. The van der Waals surface area contributed by atoms with Crippen LogP contribution < -0.4 is 10.6 Å². The van der Waals surface area contributed by atoms with Gasteiger partial charge in [-0.2, -0.15) is 0 Å². The molecule has 0 aromatic heterocycles. The minimum Gasteiger partial charge on any atom is -0.347 e. The molecular weight excluding hydrogens is 375 g/mol. The number of rotatable bonds is 3. The number of anilines is 1. The molecule has 0 saturated heterocycles. The Morgan fingerprint density at radius 1 is 1.04 bits per heavy atom. The van der Waals surface area contributed by atoms with Gasteiger partial charge in [0.15, 0.2) is 0 Å². The van der Waals surface area contributed by atoms with Gasteiger partial charge >= 0.3 is 0 Å². The van der Waals surface area contributed by atoms with Crippen LogP contribution >= 0.6 is 15.9 Å². The number of carbonyl (C=O) groups is 2. The minimum atomic E-state index is -0.520. The van der Waals surface area contributed by atoms with Crippen molar-refractivity contribution in [2.24, 2.45) is 0 Å². The number of benzene rings is 2. The van der Waals surface area contributed by atoms with E-state index in [2.05, 4.69) is 26.6 Å². The van der Waals surface area contributed by atoms with Crippen molar-refractivity contribution < 1.29 is 14.0 Å². The Balaban J connectivity index is 2.27. The summed E-state index contributed by atoms with van der Waals surface area (Å²) >= 11 is 3.15. The van der Waals surface area contributed by atoms with Gasteiger partial charge in [0.2, 0.25) is 0 Å². The molecule has 2 N–H and O–H groups in total. The highest BCUT2D eigenvalue weighted by Gasteiger charge is 2.19. The Morgan fingerprint density at radius 2 is 1.71 bits per heavy atom. The predicted octanol–water partition coefficient (Wildman–Crippen LogP) is 4.37. The average Bonchev–Trinajstić information content (AvgIpc) is 2.44. The van der Waals surface area contributed by atoms with Crippen molar-refractivity contribution in [2.45, 2.75) is 26.3 Å². The Kier molecular flexibility index (Phi) is 5.39. The molecule has 0 aliphatic heterocycles. The highest BCUT2D eigenvalue weighted by atomic mass is 79.9. The molecule has 126 valence electrons. The van der Waals surface area contributed by atoms with Crippen LogP contribution in [0.25, 0.3) is 0 Å². The largest absolute Gasteiger partial charge is 0.347 e. The Bertz CT molecular complexity index is 765. The van der Waals surface area contributed by atoms with Crippen molar-refractivity contribution in [2.75, 3.05) is 5.32 Å². The fourth-order valence-electron chi connectivity index (χ4n) is 2.08. The highest BCUT2D eigenvalue weighted by molar-refractivity contribution is 9.10. The first-order chi connectivity index (χ1) is 11.2. The predicted molar refractivity (Wildman–Crippen MR) is 95.7 cm³/mol. The summed E-state index contributed by atoms with van der Waals surface area (Å²) in [6.45, 7) is 5.61.